The van der Waals surface area contributed by atoms with Gasteiger partial charge in [-0.15, -0.1) is 5.10 Å². The molecule has 0 radical (unpaired) electrons. The molecule has 0 saturated heterocycles. The number of nitrogens with zero attached hydrogens (tertiary/aromatic N) is 3. The number of aromatic nitrogens is 3. The first-order chi connectivity index (χ1) is 7.42. The van der Waals surface area contributed by atoms with Gasteiger partial charge in [-0.25, -0.2) is 4.68 Å². The summed E-state index contributed by atoms with van der Waals surface area (Å²) < 4.78 is 1.78. The number of para-hydroxylation sites is 1. The first kappa shape index (κ1) is 9.86. The predicted octanol–water partition coefficient (Wildman–Crippen LogP) is 1.16. The minimum absolute atomic E-state index is 0.714. The van der Waals surface area contributed by atoms with Crippen LogP contribution in [0.4, 0.5) is 0 Å². The molecule has 1 aromatic carbocycles. The summed E-state index contributed by atoms with van der Waals surface area (Å²) in [6.45, 7) is 0.714. The molecular formula is C11H14N4. The van der Waals surface area contributed by atoms with Gasteiger partial charge in [-0.1, -0.05) is 23.4 Å². The highest BCUT2D eigenvalue weighted by Gasteiger charge is 2.03. The number of rotatable bonds is 4. The van der Waals surface area contributed by atoms with Gasteiger partial charge in [0.1, 0.15) is 0 Å². The van der Waals surface area contributed by atoms with Crippen molar-refractivity contribution in [3.05, 3.63) is 42.2 Å². The van der Waals surface area contributed by atoms with Crippen molar-refractivity contribution in [2.45, 2.75) is 12.8 Å². The summed E-state index contributed by atoms with van der Waals surface area (Å²) in [4.78, 5) is 0. The predicted molar refractivity (Wildman–Crippen MR) is 58.7 cm³/mol. The van der Waals surface area contributed by atoms with Gasteiger partial charge in [0.2, 0.25) is 0 Å². The number of nitrogens with two attached hydrogens (primary N) is 1. The van der Waals surface area contributed by atoms with E-state index >= 15 is 0 Å². The highest BCUT2D eigenvalue weighted by atomic mass is 15.4. The third kappa shape index (κ3) is 2.22. The minimum atomic E-state index is 0.714. The lowest BCUT2D eigenvalue weighted by Gasteiger charge is -2.07. The normalized spacial score (nSPS) is 10.5. The molecular weight excluding hydrogens is 188 g/mol. The summed E-state index contributed by atoms with van der Waals surface area (Å²) in [7, 11) is 0. The van der Waals surface area contributed by atoms with Gasteiger partial charge in [-0.3, -0.25) is 0 Å². The van der Waals surface area contributed by atoms with E-state index in [9.17, 15) is 0 Å². The molecule has 2 rings (SSSR count). The van der Waals surface area contributed by atoms with Gasteiger partial charge in [-0.05, 0) is 31.0 Å². The van der Waals surface area contributed by atoms with E-state index in [1.807, 2.05) is 24.4 Å². The second-order valence-electron chi connectivity index (χ2n) is 3.37. The third-order valence-electron chi connectivity index (χ3n) is 2.31. The molecule has 78 valence electrons. The lowest BCUT2D eigenvalue weighted by Crippen LogP contribution is -2.04. The Morgan fingerprint density at radius 3 is 2.87 bits per heavy atom. The summed E-state index contributed by atoms with van der Waals surface area (Å²) in [5.41, 5.74) is 7.85. The Kier molecular flexibility index (Phi) is 3.09. The van der Waals surface area contributed by atoms with Crippen molar-refractivity contribution in [1.29, 1.82) is 0 Å². The standard InChI is InChI=1S/C11H14N4/c12-7-3-5-10-4-1-2-6-11(10)15-9-8-13-14-15/h1-2,4,6,8-9H,3,5,7,12H2. The van der Waals surface area contributed by atoms with Crippen LogP contribution in [-0.2, 0) is 6.42 Å². The van der Waals surface area contributed by atoms with Crippen molar-refractivity contribution in [3.8, 4) is 5.69 Å². The van der Waals surface area contributed by atoms with Crippen LogP contribution in [0.3, 0.4) is 0 Å². The molecule has 1 heterocycles. The van der Waals surface area contributed by atoms with E-state index in [0.29, 0.717) is 6.54 Å². The molecule has 0 saturated carbocycles. The summed E-state index contributed by atoms with van der Waals surface area (Å²) >= 11 is 0. The Labute approximate surface area is 88.7 Å². The summed E-state index contributed by atoms with van der Waals surface area (Å²) in [5.74, 6) is 0. The van der Waals surface area contributed by atoms with Crippen LogP contribution in [0.25, 0.3) is 5.69 Å². The molecule has 0 spiro atoms. The maximum absolute atomic E-state index is 5.51. The molecule has 1 aromatic heterocycles. The number of hydrogen-bond acceptors (Lipinski definition) is 3. The lowest BCUT2D eigenvalue weighted by molar-refractivity contribution is 0.773. The van der Waals surface area contributed by atoms with Crippen LogP contribution in [-0.4, -0.2) is 21.5 Å². The Morgan fingerprint density at radius 2 is 2.13 bits per heavy atom. The van der Waals surface area contributed by atoms with Gasteiger partial charge in [0.15, 0.2) is 0 Å². The van der Waals surface area contributed by atoms with E-state index < -0.39 is 0 Å². The van der Waals surface area contributed by atoms with Gasteiger partial charge >= 0.3 is 0 Å². The molecule has 2 aromatic rings. The average Bonchev–Trinajstić information content (AvgIpc) is 2.80. The number of aryl methyl sites for hydroxylation is 1. The van der Waals surface area contributed by atoms with E-state index in [0.717, 1.165) is 18.5 Å². The molecule has 0 atom stereocenters. The van der Waals surface area contributed by atoms with Crippen LogP contribution >= 0.6 is 0 Å². The van der Waals surface area contributed by atoms with Crippen LogP contribution < -0.4 is 5.73 Å². The van der Waals surface area contributed by atoms with Crippen LogP contribution in [0.1, 0.15) is 12.0 Å². The summed E-state index contributed by atoms with van der Waals surface area (Å²) in [6.07, 6.45) is 5.50. The number of hydrogen-bond donors (Lipinski definition) is 1. The fourth-order valence-electron chi connectivity index (χ4n) is 1.57. The smallest absolute Gasteiger partial charge is 0.0697 e. The van der Waals surface area contributed by atoms with Gasteiger partial charge in [0.25, 0.3) is 0 Å². The van der Waals surface area contributed by atoms with Crippen LogP contribution in [0, 0.1) is 0 Å². The van der Waals surface area contributed by atoms with Crippen molar-refractivity contribution >= 4 is 0 Å². The second kappa shape index (κ2) is 4.70. The summed E-state index contributed by atoms with van der Waals surface area (Å²) in [5, 5.41) is 7.80. The van der Waals surface area contributed by atoms with Gasteiger partial charge < -0.3 is 5.73 Å². The molecule has 0 fully saturated rings. The van der Waals surface area contributed by atoms with E-state index in [1.54, 1.807) is 10.9 Å². The van der Waals surface area contributed by atoms with E-state index in [-0.39, 0.29) is 0 Å². The van der Waals surface area contributed by atoms with Crippen molar-refractivity contribution < 1.29 is 0 Å². The Morgan fingerprint density at radius 1 is 1.27 bits per heavy atom. The zero-order chi connectivity index (χ0) is 10.5. The maximum atomic E-state index is 5.51. The molecule has 2 N–H and O–H groups in total. The Bertz CT molecular complexity index is 408. The molecule has 15 heavy (non-hydrogen) atoms. The van der Waals surface area contributed by atoms with Gasteiger partial charge in [0, 0.05) is 0 Å². The lowest BCUT2D eigenvalue weighted by atomic mass is 10.1. The van der Waals surface area contributed by atoms with Crippen LogP contribution in [0.15, 0.2) is 36.7 Å². The van der Waals surface area contributed by atoms with Crippen LogP contribution in [0.5, 0.6) is 0 Å². The monoisotopic (exact) mass is 202 g/mol. The van der Waals surface area contributed by atoms with Crippen molar-refractivity contribution in [1.82, 2.24) is 15.0 Å². The highest BCUT2D eigenvalue weighted by molar-refractivity contribution is 5.39. The molecule has 0 aliphatic rings. The largest absolute Gasteiger partial charge is 0.330 e. The Hall–Kier alpha value is -1.68. The van der Waals surface area contributed by atoms with Gasteiger partial charge in [0.05, 0.1) is 18.1 Å². The fourth-order valence-corrected chi connectivity index (χ4v) is 1.57. The maximum Gasteiger partial charge on any atom is 0.0697 e. The number of benzene rings is 1. The van der Waals surface area contributed by atoms with Crippen molar-refractivity contribution in [2.75, 3.05) is 6.54 Å². The summed E-state index contributed by atoms with van der Waals surface area (Å²) in [6, 6.07) is 8.18. The molecule has 0 amide bonds. The highest BCUT2D eigenvalue weighted by Crippen LogP contribution is 2.14. The minimum Gasteiger partial charge on any atom is -0.330 e. The van der Waals surface area contributed by atoms with E-state index in [2.05, 4.69) is 16.4 Å². The molecule has 4 heteroatoms. The van der Waals surface area contributed by atoms with E-state index in [1.165, 1.54) is 5.56 Å². The SMILES string of the molecule is NCCCc1ccccc1-n1ccnn1. The van der Waals surface area contributed by atoms with E-state index in [4.69, 9.17) is 5.73 Å². The van der Waals surface area contributed by atoms with Crippen molar-refractivity contribution in [2.24, 2.45) is 5.73 Å². The molecule has 4 nitrogen and oxygen atoms in total. The second-order valence-corrected chi connectivity index (χ2v) is 3.37. The topological polar surface area (TPSA) is 56.7 Å². The molecule has 0 bridgehead atoms. The molecule has 0 unspecified atom stereocenters. The van der Waals surface area contributed by atoms with Crippen molar-refractivity contribution in [3.63, 3.8) is 0 Å². The molecule has 0 aliphatic carbocycles. The average molecular weight is 202 g/mol. The van der Waals surface area contributed by atoms with Gasteiger partial charge in [-0.2, -0.15) is 0 Å². The third-order valence-corrected chi connectivity index (χ3v) is 2.31. The first-order valence-electron chi connectivity index (χ1n) is 5.06. The Balaban J connectivity index is 2.30. The zero-order valence-corrected chi connectivity index (χ0v) is 8.50. The zero-order valence-electron chi connectivity index (χ0n) is 8.50. The molecule has 0 aliphatic heterocycles. The van der Waals surface area contributed by atoms with Crippen LogP contribution in [0.2, 0.25) is 0 Å². The quantitative estimate of drug-likeness (QED) is 0.809. The first-order valence-corrected chi connectivity index (χ1v) is 5.06. The fraction of sp³-hybridized carbons (Fsp3) is 0.273.